The molecule has 1 aromatic rings. The number of aryl methyl sites for hydroxylation is 2. The van der Waals surface area contributed by atoms with Gasteiger partial charge in [0, 0.05) is 6.42 Å². The Kier molecular flexibility index (Phi) is 8.29. The van der Waals surface area contributed by atoms with Crippen LogP contribution in [0.4, 0.5) is 0 Å². The second-order valence-corrected chi connectivity index (χ2v) is 7.82. The number of carboxylic acids is 1. The summed E-state index contributed by atoms with van der Waals surface area (Å²) in [6.07, 6.45) is 1.90. The molecule has 1 aromatic carbocycles. The molecule has 0 aliphatic rings. The van der Waals surface area contributed by atoms with E-state index < -0.39 is 17.9 Å². The van der Waals surface area contributed by atoms with Crippen LogP contribution in [0.25, 0.3) is 0 Å². The third kappa shape index (κ3) is 9.20. The van der Waals surface area contributed by atoms with E-state index in [1.807, 2.05) is 52.0 Å². The van der Waals surface area contributed by atoms with Gasteiger partial charge in [0.2, 0.25) is 11.8 Å². The normalized spacial score (nSPS) is 12.3. The lowest BCUT2D eigenvalue weighted by atomic mass is 9.88. The van der Waals surface area contributed by atoms with Gasteiger partial charge < -0.3 is 15.7 Å². The van der Waals surface area contributed by atoms with Crippen molar-refractivity contribution in [2.75, 3.05) is 6.54 Å². The number of rotatable bonds is 9. The fraction of sp³-hybridized carbons (Fsp3) is 0.550. The molecule has 0 heterocycles. The minimum absolute atomic E-state index is 0.0113. The molecule has 0 aliphatic carbocycles. The molecule has 1 atom stereocenters. The van der Waals surface area contributed by atoms with Crippen LogP contribution in [0.15, 0.2) is 24.3 Å². The molecule has 0 aliphatic heterocycles. The van der Waals surface area contributed by atoms with Gasteiger partial charge in [-0.1, -0.05) is 50.6 Å². The van der Waals surface area contributed by atoms with E-state index in [-0.39, 0.29) is 24.3 Å². The molecule has 0 saturated carbocycles. The van der Waals surface area contributed by atoms with E-state index in [1.165, 1.54) is 0 Å². The molecule has 144 valence electrons. The Morgan fingerprint density at radius 2 is 1.69 bits per heavy atom. The summed E-state index contributed by atoms with van der Waals surface area (Å²) in [5.74, 6) is -1.79. The summed E-state index contributed by atoms with van der Waals surface area (Å²) in [4.78, 5) is 35.0. The second-order valence-electron chi connectivity index (χ2n) is 7.82. The molecule has 0 bridgehead atoms. The zero-order chi connectivity index (χ0) is 19.7. The van der Waals surface area contributed by atoms with E-state index in [9.17, 15) is 19.5 Å². The summed E-state index contributed by atoms with van der Waals surface area (Å²) >= 11 is 0. The highest BCUT2D eigenvalue weighted by Crippen LogP contribution is 2.21. The van der Waals surface area contributed by atoms with Crippen LogP contribution in [0.1, 0.15) is 51.2 Å². The van der Waals surface area contributed by atoms with Gasteiger partial charge in [0.25, 0.3) is 0 Å². The fourth-order valence-electron chi connectivity index (χ4n) is 2.36. The Balaban J connectivity index is 2.35. The van der Waals surface area contributed by atoms with Crippen LogP contribution in [0.2, 0.25) is 0 Å². The number of amides is 2. The number of carbonyl (C=O) groups excluding carboxylic acids is 2. The highest BCUT2D eigenvalue weighted by atomic mass is 16.4. The molecule has 0 radical (unpaired) electrons. The SMILES string of the molecule is Cc1ccc(CCC(=O)NCC(=O)NC(CCC(C)(C)C)C(=O)O)cc1. The van der Waals surface area contributed by atoms with Gasteiger partial charge in [0.05, 0.1) is 6.54 Å². The van der Waals surface area contributed by atoms with Crippen LogP contribution < -0.4 is 10.6 Å². The molecule has 0 spiro atoms. The van der Waals surface area contributed by atoms with Gasteiger partial charge in [-0.25, -0.2) is 4.79 Å². The highest BCUT2D eigenvalue weighted by Gasteiger charge is 2.22. The van der Waals surface area contributed by atoms with Crippen LogP contribution in [-0.4, -0.2) is 35.5 Å². The summed E-state index contributed by atoms with van der Waals surface area (Å²) < 4.78 is 0. The summed E-state index contributed by atoms with van der Waals surface area (Å²) in [6, 6.07) is 6.99. The Bertz CT molecular complexity index is 618. The van der Waals surface area contributed by atoms with Crippen molar-refractivity contribution >= 4 is 17.8 Å². The average Bonchev–Trinajstić information content (AvgIpc) is 2.55. The van der Waals surface area contributed by atoms with Gasteiger partial charge in [-0.3, -0.25) is 9.59 Å². The Labute approximate surface area is 155 Å². The minimum atomic E-state index is -1.06. The van der Waals surface area contributed by atoms with Crippen molar-refractivity contribution in [2.45, 2.75) is 59.4 Å². The third-order valence-electron chi connectivity index (χ3n) is 4.02. The zero-order valence-electron chi connectivity index (χ0n) is 16.1. The lowest BCUT2D eigenvalue weighted by Gasteiger charge is -2.21. The Morgan fingerprint density at radius 1 is 1.08 bits per heavy atom. The van der Waals surface area contributed by atoms with Gasteiger partial charge in [0.15, 0.2) is 0 Å². The smallest absolute Gasteiger partial charge is 0.326 e. The number of nitrogens with one attached hydrogen (secondary N) is 2. The predicted octanol–water partition coefficient (Wildman–Crippen LogP) is 2.44. The van der Waals surface area contributed by atoms with Crippen molar-refractivity contribution in [3.05, 3.63) is 35.4 Å². The predicted molar refractivity (Wildman–Crippen MR) is 101 cm³/mol. The fourth-order valence-corrected chi connectivity index (χ4v) is 2.36. The van der Waals surface area contributed by atoms with Gasteiger partial charge in [-0.05, 0) is 37.2 Å². The second kappa shape index (κ2) is 9.94. The van der Waals surface area contributed by atoms with E-state index in [0.29, 0.717) is 19.3 Å². The molecule has 0 aromatic heterocycles. The Morgan fingerprint density at radius 3 is 2.23 bits per heavy atom. The topological polar surface area (TPSA) is 95.5 Å². The van der Waals surface area contributed by atoms with Crippen LogP contribution in [-0.2, 0) is 20.8 Å². The average molecular weight is 362 g/mol. The van der Waals surface area contributed by atoms with Crippen molar-refractivity contribution in [1.82, 2.24) is 10.6 Å². The largest absolute Gasteiger partial charge is 0.480 e. The summed E-state index contributed by atoms with van der Waals surface area (Å²) in [5.41, 5.74) is 2.21. The van der Waals surface area contributed by atoms with Crippen LogP contribution in [0, 0.1) is 12.3 Å². The lowest BCUT2D eigenvalue weighted by molar-refractivity contribution is -0.142. The van der Waals surface area contributed by atoms with Crippen LogP contribution >= 0.6 is 0 Å². The maximum Gasteiger partial charge on any atom is 0.326 e. The van der Waals surface area contributed by atoms with Crippen LogP contribution in [0.3, 0.4) is 0 Å². The molecule has 1 unspecified atom stereocenters. The molecular formula is C20H30N2O4. The standard InChI is InChI=1S/C20H30N2O4/c1-14-5-7-15(8-6-14)9-10-17(23)21-13-18(24)22-16(19(25)26)11-12-20(2,3)4/h5-8,16H,9-13H2,1-4H3,(H,21,23)(H,22,24)(H,25,26). The Hall–Kier alpha value is -2.37. The number of carboxylic acid groups (broad SMARTS) is 1. The monoisotopic (exact) mass is 362 g/mol. The summed E-state index contributed by atoms with van der Waals surface area (Å²) in [5, 5.41) is 14.2. The molecule has 2 amide bonds. The first-order valence-electron chi connectivity index (χ1n) is 8.91. The summed E-state index contributed by atoms with van der Waals surface area (Å²) in [6.45, 7) is 7.83. The van der Waals surface area contributed by atoms with E-state index in [4.69, 9.17) is 0 Å². The molecule has 3 N–H and O–H groups in total. The minimum Gasteiger partial charge on any atom is -0.480 e. The van der Waals surface area contributed by atoms with E-state index in [1.54, 1.807) is 0 Å². The van der Waals surface area contributed by atoms with E-state index >= 15 is 0 Å². The molecule has 0 fully saturated rings. The zero-order valence-corrected chi connectivity index (χ0v) is 16.1. The maximum absolute atomic E-state index is 11.9. The molecular weight excluding hydrogens is 332 g/mol. The van der Waals surface area contributed by atoms with Gasteiger partial charge in [0.1, 0.15) is 6.04 Å². The summed E-state index contributed by atoms with van der Waals surface area (Å²) in [7, 11) is 0. The number of hydrogen-bond donors (Lipinski definition) is 3. The van der Waals surface area contributed by atoms with Crippen molar-refractivity contribution < 1.29 is 19.5 Å². The lowest BCUT2D eigenvalue weighted by Crippen LogP contribution is -2.45. The van der Waals surface area contributed by atoms with Crippen molar-refractivity contribution in [3.63, 3.8) is 0 Å². The van der Waals surface area contributed by atoms with E-state index in [0.717, 1.165) is 11.1 Å². The van der Waals surface area contributed by atoms with Crippen molar-refractivity contribution in [3.8, 4) is 0 Å². The number of carbonyl (C=O) groups is 3. The number of aliphatic carboxylic acids is 1. The van der Waals surface area contributed by atoms with Gasteiger partial charge >= 0.3 is 5.97 Å². The van der Waals surface area contributed by atoms with E-state index in [2.05, 4.69) is 10.6 Å². The first-order valence-corrected chi connectivity index (χ1v) is 8.91. The van der Waals surface area contributed by atoms with Crippen LogP contribution in [0.5, 0.6) is 0 Å². The molecule has 0 saturated heterocycles. The number of hydrogen-bond acceptors (Lipinski definition) is 3. The first-order chi connectivity index (χ1) is 12.1. The van der Waals surface area contributed by atoms with Gasteiger partial charge in [-0.2, -0.15) is 0 Å². The van der Waals surface area contributed by atoms with Gasteiger partial charge in [-0.15, -0.1) is 0 Å². The van der Waals surface area contributed by atoms with Crippen molar-refractivity contribution in [2.24, 2.45) is 5.41 Å². The van der Waals surface area contributed by atoms with Crippen molar-refractivity contribution in [1.29, 1.82) is 0 Å². The third-order valence-corrected chi connectivity index (χ3v) is 4.02. The maximum atomic E-state index is 11.9. The molecule has 26 heavy (non-hydrogen) atoms. The highest BCUT2D eigenvalue weighted by molar-refractivity contribution is 5.87. The number of benzene rings is 1. The quantitative estimate of drug-likeness (QED) is 0.629. The first kappa shape index (κ1) is 21.7. The molecule has 1 rings (SSSR count). The molecule has 6 nitrogen and oxygen atoms in total. The molecule has 6 heteroatoms.